The van der Waals surface area contributed by atoms with E-state index in [0.717, 1.165) is 17.4 Å². The lowest BCUT2D eigenvalue weighted by atomic mass is 10.1. The van der Waals surface area contributed by atoms with Gasteiger partial charge in [-0.15, -0.1) is 0 Å². The van der Waals surface area contributed by atoms with E-state index < -0.39 is 20.0 Å². The van der Waals surface area contributed by atoms with E-state index >= 15 is 0 Å². The second-order valence-electron chi connectivity index (χ2n) is 6.19. The van der Waals surface area contributed by atoms with E-state index in [4.69, 9.17) is 4.74 Å². The summed E-state index contributed by atoms with van der Waals surface area (Å²) in [6, 6.07) is 9.76. The van der Waals surface area contributed by atoms with Crippen LogP contribution < -0.4 is 13.8 Å². The second kappa shape index (κ2) is 6.48. The predicted octanol–water partition coefficient (Wildman–Crippen LogP) is 2.13. The maximum Gasteiger partial charge on any atom is 0.265 e. The molecular weight excluding hydrogens is 376 g/mol. The Kier molecular flexibility index (Phi) is 4.61. The fourth-order valence-electron chi connectivity index (χ4n) is 2.98. The lowest BCUT2D eigenvalue weighted by Crippen LogP contribution is -2.27. The first-order valence-corrected chi connectivity index (χ1v) is 11.2. The Balaban J connectivity index is 1.94. The molecule has 1 N–H and O–H groups in total. The SMILES string of the molecule is COc1ccc(C)cc1S(=O)(=O)Nc1ccc2c(c1)CCN2S(C)(=O)=O. The third kappa shape index (κ3) is 3.49. The minimum Gasteiger partial charge on any atom is -0.495 e. The van der Waals surface area contributed by atoms with Gasteiger partial charge < -0.3 is 4.74 Å². The summed E-state index contributed by atoms with van der Waals surface area (Å²) in [5.41, 5.74) is 2.54. The molecule has 0 bridgehead atoms. The van der Waals surface area contributed by atoms with E-state index in [1.807, 2.05) is 0 Å². The Morgan fingerprint density at radius 1 is 1.08 bits per heavy atom. The summed E-state index contributed by atoms with van der Waals surface area (Å²) in [5.74, 6) is 0.257. The third-order valence-corrected chi connectivity index (χ3v) is 6.78. The average molecular weight is 396 g/mol. The molecule has 3 rings (SSSR count). The van der Waals surface area contributed by atoms with E-state index in [2.05, 4.69) is 4.72 Å². The van der Waals surface area contributed by atoms with Crippen molar-refractivity contribution < 1.29 is 21.6 Å². The van der Waals surface area contributed by atoms with Crippen LogP contribution in [0.1, 0.15) is 11.1 Å². The number of methoxy groups -OCH3 is 1. The fraction of sp³-hybridized carbons (Fsp3) is 0.294. The summed E-state index contributed by atoms with van der Waals surface area (Å²) in [6.45, 7) is 2.16. The van der Waals surface area contributed by atoms with E-state index in [0.29, 0.717) is 24.3 Å². The molecule has 0 saturated heterocycles. The highest BCUT2D eigenvalue weighted by molar-refractivity contribution is 7.93. The first-order chi connectivity index (χ1) is 12.1. The molecule has 1 aliphatic rings. The smallest absolute Gasteiger partial charge is 0.265 e. The van der Waals surface area contributed by atoms with Crippen molar-refractivity contribution in [3.63, 3.8) is 0 Å². The molecule has 1 aliphatic heterocycles. The van der Waals surface area contributed by atoms with Crippen molar-refractivity contribution in [1.29, 1.82) is 0 Å². The van der Waals surface area contributed by atoms with E-state index in [-0.39, 0.29) is 10.6 Å². The van der Waals surface area contributed by atoms with Crippen molar-refractivity contribution in [1.82, 2.24) is 0 Å². The van der Waals surface area contributed by atoms with Gasteiger partial charge in [-0.05, 0) is 54.8 Å². The van der Waals surface area contributed by atoms with Crippen LogP contribution >= 0.6 is 0 Å². The molecule has 26 heavy (non-hydrogen) atoms. The van der Waals surface area contributed by atoms with Gasteiger partial charge in [0.25, 0.3) is 10.0 Å². The minimum absolute atomic E-state index is 0.0539. The lowest BCUT2D eigenvalue weighted by molar-refractivity contribution is 0.402. The largest absolute Gasteiger partial charge is 0.495 e. The number of anilines is 2. The molecule has 0 unspecified atom stereocenters. The van der Waals surface area contributed by atoms with E-state index in [1.165, 1.54) is 11.4 Å². The van der Waals surface area contributed by atoms with Crippen LogP contribution in [0.15, 0.2) is 41.3 Å². The van der Waals surface area contributed by atoms with Gasteiger partial charge >= 0.3 is 0 Å². The Labute approximate surface area is 153 Å². The molecule has 0 spiro atoms. The van der Waals surface area contributed by atoms with Gasteiger partial charge in [0.05, 0.1) is 19.1 Å². The number of nitrogens with zero attached hydrogens (tertiary/aromatic N) is 1. The molecule has 0 aromatic heterocycles. The molecule has 0 atom stereocenters. The first kappa shape index (κ1) is 18.5. The van der Waals surface area contributed by atoms with Gasteiger partial charge in [0.1, 0.15) is 10.6 Å². The number of benzene rings is 2. The van der Waals surface area contributed by atoms with Gasteiger partial charge in [0.15, 0.2) is 0 Å². The number of hydrogen-bond acceptors (Lipinski definition) is 5. The van der Waals surface area contributed by atoms with Crippen LogP contribution in [0, 0.1) is 6.92 Å². The second-order valence-corrected chi connectivity index (χ2v) is 9.75. The van der Waals surface area contributed by atoms with Gasteiger partial charge in [0.2, 0.25) is 10.0 Å². The maximum atomic E-state index is 12.8. The molecule has 0 radical (unpaired) electrons. The average Bonchev–Trinajstić information content (AvgIpc) is 2.97. The molecule has 0 fully saturated rings. The van der Waals surface area contributed by atoms with Gasteiger partial charge in [-0.25, -0.2) is 16.8 Å². The first-order valence-electron chi connectivity index (χ1n) is 7.90. The summed E-state index contributed by atoms with van der Waals surface area (Å²) in [5, 5.41) is 0. The minimum atomic E-state index is -3.84. The predicted molar refractivity (Wildman–Crippen MR) is 101 cm³/mol. The van der Waals surface area contributed by atoms with Gasteiger partial charge in [-0.3, -0.25) is 9.03 Å². The van der Waals surface area contributed by atoms with Gasteiger partial charge in [-0.2, -0.15) is 0 Å². The van der Waals surface area contributed by atoms with Gasteiger partial charge in [0, 0.05) is 12.2 Å². The van der Waals surface area contributed by atoms with Crippen molar-refractivity contribution in [2.75, 3.05) is 28.9 Å². The fourth-order valence-corrected chi connectivity index (χ4v) is 5.25. The number of nitrogens with one attached hydrogen (secondary N) is 1. The summed E-state index contributed by atoms with van der Waals surface area (Å²) >= 11 is 0. The number of ether oxygens (including phenoxy) is 1. The highest BCUT2D eigenvalue weighted by Crippen LogP contribution is 2.33. The van der Waals surface area contributed by atoms with Crippen molar-refractivity contribution in [2.45, 2.75) is 18.2 Å². The zero-order chi connectivity index (χ0) is 19.1. The van der Waals surface area contributed by atoms with Gasteiger partial charge in [-0.1, -0.05) is 6.07 Å². The summed E-state index contributed by atoms with van der Waals surface area (Å²) in [7, 11) is -5.77. The summed E-state index contributed by atoms with van der Waals surface area (Å²) in [6.07, 6.45) is 1.69. The van der Waals surface area contributed by atoms with Crippen LogP contribution in [0.25, 0.3) is 0 Å². The van der Waals surface area contributed by atoms with E-state index in [1.54, 1.807) is 43.3 Å². The van der Waals surface area contributed by atoms with Crippen LogP contribution in [-0.4, -0.2) is 36.7 Å². The molecule has 1 heterocycles. The standard InChI is InChI=1S/C17H20N2O5S2/c1-12-4-7-16(24-2)17(10-12)26(22,23)18-14-5-6-15-13(11-14)8-9-19(15)25(3,20)21/h4-7,10-11,18H,8-9H2,1-3H3. The molecule has 2 aromatic carbocycles. The Hall–Kier alpha value is -2.26. The van der Waals surface area contributed by atoms with Crippen LogP contribution in [0.5, 0.6) is 5.75 Å². The van der Waals surface area contributed by atoms with Crippen molar-refractivity contribution in [3.8, 4) is 5.75 Å². The molecule has 0 amide bonds. The molecule has 2 aromatic rings. The molecular formula is C17H20N2O5S2. The number of sulfonamides is 2. The number of rotatable bonds is 5. The Morgan fingerprint density at radius 2 is 1.81 bits per heavy atom. The monoisotopic (exact) mass is 396 g/mol. The van der Waals surface area contributed by atoms with Crippen molar-refractivity contribution in [3.05, 3.63) is 47.5 Å². The highest BCUT2D eigenvalue weighted by Gasteiger charge is 2.27. The Bertz CT molecular complexity index is 1060. The normalized spacial score (nSPS) is 14.2. The van der Waals surface area contributed by atoms with Crippen LogP contribution in [-0.2, 0) is 26.5 Å². The number of hydrogen-bond donors (Lipinski definition) is 1. The summed E-state index contributed by atoms with van der Waals surface area (Å²) in [4.78, 5) is 0.0539. The quantitative estimate of drug-likeness (QED) is 0.836. The zero-order valence-electron chi connectivity index (χ0n) is 14.7. The van der Waals surface area contributed by atoms with E-state index in [9.17, 15) is 16.8 Å². The molecule has 0 aliphatic carbocycles. The van der Waals surface area contributed by atoms with Crippen LogP contribution in [0.3, 0.4) is 0 Å². The molecule has 0 saturated carbocycles. The maximum absolute atomic E-state index is 12.8. The van der Waals surface area contributed by atoms with Crippen molar-refractivity contribution >= 4 is 31.4 Å². The third-order valence-electron chi connectivity index (χ3n) is 4.19. The number of fused-ring (bicyclic) bond motifs is 1. The molecule has 7 nitrogen and oxygen atoms in total. The number of aryl methyl sites for hydroxylation is 1. The Morgan fingerprint density at radius 3 is 2.46 bits per heavy atom. The summed E-state index contributed by atoms with van der Waals surface area (Å²) < 4.78 is 58.1. The highest BCUT2D eigenvalue weighted by atomic mass is 32.2. The van der Waals surface area contributed by atoms with Crippen LogP contribution in [0.2, 0.25) is 0 Å². The molecule has 140 valence electrons. The van der Waals surface area contributed by atoms with Crippen molar-refractivity contribution in [2.24, 2.45) is 0 Å². The lowest BCUT2D eigenvalue weighted by Gasteiger charge is -2.17. The topological polar surface area (TPSA) is 92.8 Å². The molecule has 9 heteroatoms. The van der Waals surface area contributed by atoms with Crippen LogP contribution in [0.4, 0.5) is 11.4 Å². The zero-order valence-corrected chi connectivity index (χ0v) is 16.3.